The SMILES string of the molecule is CNCCc1c(C(F)(F)F)ccc(O)c1O. The molecule has 0 amide bonds. The molecule has 1 aromatic rings. The van der Waals surface area contributed by atoms with Crippen molar-refractivity contribution in [3.63, 3.8) is 0 Å². The van der Waals surface area contributed by atoms with Crippen LogP contribution in [0.5, 0.6) is 11.5 Å². The average molecular weight is 235 g/mol. The number of nitrogens with one attached hydrogen (secondary N) is 1. The second kappa shape index (κ2) is 4.61. The topological polar surface area (TPSA) is 52.5 Å². The average Bonchev–Trinajstić information content (AvgIpc) is 2.18. The summed E-state index contributed by atoms with van der Waals surface area (Å²) in [6, 6.07) is 1.60. The van der Waals surface area contributed by atoms with Gasteiger partial charge in [-0.1, -0.05) is 0 Å². The number of likely N-dealkylation sites (N-methyl/N-ethyl adjacent to an activating group) is 1. The number of halogens is 3. The Bertz CT molecular complexity index is 377. The highest BCUT2D eigenvalue weighted by atomic mass is 19.4. The molecule has 0 aromatic heterocycles. The number of phenolic OH excluding ortho intramolecular Hbond substituents is 2. The Kier molecular flexibility index (Phi) is 3.64. The number of alkyl halides is 3. The van der Waals surface area contributed by atoms with Crippen molar-refractivity contribution in [1.29, 1.82) is 0 Å². The summed E-state index contributed by atoms with van der Waals surface area (Å²) in [6.45, 7) is 0.278. The predicted molar refractivity (Wildman–Crippen MR) is 52.4 cm³/mol. The van der Waals surface area contributed by atoms with E-state index >= 15 is 0 Å². The van der Waals surface area contributed by atoms with Crippen LogP contribution in [0.2, 0.25) is 0 Å². The highest BCUT2D eigenvalue weighted by Crippen LogP contribution is 2.39. The van der Waals surface area contributed by atoms with E-state index in [1.807, 2.05) is 0 Å². The van der Waals surface area contributed by atoms with Gasteiger partial charge in [0, 0.05) is 5.56 Å². The number of phenols is 2. The maximum Gasteiger partial charge on any atom is 0.416 e. The molecule has 0 spiro atoms. The summed E-state index contributed by atoms with van der Waals surface area (Å²) in [7, 11) is 1.59. The van der Waals surface area contributed by atoms with Gasteiger partial charge in [0.1, 0.15) is 0 Å². The maximum absolute atomic E-state index is 12.6. The van der Waals surface area contributed by atoms with Crippen LogP contribution in [0.1, 0.15) is 11.1 Å². The lowest BCUT2D eigenvalue weighted by atomic mass is 10.0. The third-order valence-electron chi connectivity index (χ3n) is 2.19. The fourth-order valence-electron chi connectivity index (χ4n) is 1.39. The Balaban J connectivity index is 3.22. The minimum Gasteiger partial charge on any atom is -0.504 e. The molecule has 90 valence electrons. The number of aromatic hydroxyl groups is 2. The zero-order chi connectivity index (χ0) is 12.3. The lowest BCUT2D eigenvalue weighted by Crippen LogP contribution is -2.15. The molecule has 0 unspecified atom stereocenters. The van der Waals surface area contributed by atoms with Crippen molar-refractivity contribution in [2.45, 2.75) is 12.6 Å². The first kappa shape index (κ1) is 12.6. The Morgan fingerprint density at radius 3 is 2.38 bits per heavy atom. The molecule has 3 nitrogen and oxygen atoms in total. The van der Waals surface area contributed by atoms with Gasteiger partial charge in [0.25, 0.3) is 0 Å². The van der Waals surface area contributed by atoms with Gasteiger partial charge in [-0.2, -0.15) is 13.2 Å². The molecular weight excluding hydrogens is 223 g/mol. The van der Waals surface area contributed by atoms with Gasteiger partial charge in [0.15, 0.2) is 11.5 Å². The summed E-state index contributed by atoms with van der Waals surface area (Å²) >= 11 is 0. The normalized spacial score (nSPS) is 11.8. The van der Waals surface area contributed by atoms with E-state index in [1.54, 1.807) is 7.05 Å². The molecule has 0 aliphatic heterocycles. The largest absolute Gasteiger partial charge is 0.504 e. The third kappa shape index (κ3) is 2.57. The van der Waals surface area contributed by atoms with Crippen molar-refractivity contribution in [2.75, 3.05) is 13.6 Å². The molecule has 0 aliphatic rings. The Hall–Kier alpha value is -1.43. The van der Waals surface area contributed by atoms with E-state index < -0.39 is 23.2 Å². The summed E-state index contributed by atoms with van der Waals surface area (Å²) in [4.78, 5) is 0. The maximum atomic E-state index is 12.6. The van der Waals surface area contributed by atoms with Gasteiger partial charge < -0.3 is 15.5 Å². The fourth-order valence-corrected chi connectivity index (χ4v) is 1.39. The van der Waals surface area contributed by atoms with Gasteiger partial charge in [-0.05, 0) is 32.1 Å². The quantitative estimate of drug-likeness (QED) is 0.701. The lowest BCUT2D eigenvalue weighted by Gasteiger charge is -2.14. The van der Waals surface area contributed by atoms with E-state index in [0.29, 0.717) is 0 Å². The van der Waals surface area contributed by atoms with Crippen LogP contribution in [0, 0.1) is 0 Å². The molecule has 0 bridgehead atoms. The van der Waals surface area contributed by atoms with Gasteiger partial charge in [0.2, 0.25) is 0 Å². The number of hydrogen-bond acceptors (Lipinski definition) is 3. The van der Waals surface area contributed by atoms with E-state index in [4.69, 9.17) is 5.11 Å². The first-order valence-corrected chi connectivity index (χ1v) is 4.63. The molecule has 3 N–H and O–H groups in total. The number of rotatable bonds is 3. The minimum absolute atomic E-state index is 0.00836. The van der Waals surface area contributed by atoms with Crippen molar-refractivity contribution in [1.82, 2.24) is 5.32 Å². The van der Waals surface area contributed by atoms with Crippen LogP contribution in [0.15, 0.2) is 12.1 Å². The molecule has 16 heavy (non-hydrogen) atoms. The summed E-state index contributed by atoms with van der Waals surface area (Å²) < 4.78 is 37.7. The monoisotopic (exact) mass is 235 g/mol. The molecule has 0 saturated heterocycles. The van der Waals surface area contributed by atoms with E-state index in [9.17, 15) is 18.3 Å². The zero-order valence-corrected chi connectivity index (χ0v) is 8.60. The van der Waals surface area contributed by atoms with E-state index in [1.165, 1.54) is 0 Å². The van der Waals surface area contributed by atoms with Crippen molar-refractivity contribution >= 4 is 0 Å². The van der Waals surface area contributed by atoms with Crippen LogP contribution in [-0.4, -0.2) is 23.8 Å². The molecule has 0 saturated carbocycles. The molecule has 0 radical (unpaired) electrons. The molecule has 0 atom stereocenters. The first-order valence-electron chi connectivity index (χ1n) is 4.63. The van der Waals surface area contributed by atoms with Gasteiger partial charge in [-0.25, -0.2) is 0 Å². The van der Waals surface area contributed by atoms with Gasteiger partial charge in [-0.3, -0.25) is 0 Å². The van der Waals surface area contributed by atoms with Gasteiger partial charge in [-0.15, -0.1) is 0 Å². The second-order valence-corrected chi connectivity index (χ2v) is 3.31. The van der Waals surface area contributed by atoms with Crippen LogP contribution in [-0.2, 0) is 12.6 Å². The molecule has 6 heteroatoms. The Labute approximate surface area is 90.5 Å². The standard InChI is InChI=1S/C10H12F3NO2/c1-14-5-4-6-7(10(11,12)13)2-3-8(15)9(6)16/h2-3,14-16H,4-5H2,1H3. The smallest absolute Gasteiger partial charge is 0.416 e. The number of benzene rings is 1. The van der Waals surface area contributed by atoms with Gasteiger partial charge in [0.05, 0.1) is 5.56 Å². The van der Waals surface area contributed by atoms with E-state index in [-0.39, 0.29) is 18.5 Å². The van der Waals surface area contributed by atoms with Crippen molar-refractivity contribution in [3.05, 3.63) is 23.3 Å². The fraction of sp³-hybridized carbons (Fsp3) is 0.400. The molecule has 0 fully saturated rings. The van der Waals surface area contributed by atoms with Crippen LogP contribution < -0.4 is 5.32 Å². The molecule has 0 aliphatic carbocycles. The predicted octanol–water partition coefficient (Wildman–Crippen LogP) is 1.88. The second-order valence-electron chi connectivity index (χ2n) is 3.31. The van der Waals surface area contributed by atoms with Crippen LogP contribution in [0.3, 0.4) is 0 Å². The number of hydrogen-bond donors (Lipinski definition) is 3. The van der Waals surface area contributed by atoms with Crippen molar-refractivity contribution < 1.29 is 23.4 Å². The Morgan fingerprint density at radius 1 is 1.25 bits per heavy atom. The zero-order valence-electron chi connectivity index (χ0n) is 8.60. The minimum atomic E-state index is -4.53. The molecule has 1 aromatic carbocycles. The highest BCUT2D eigenvalue weighted by Gasteiger charge is 2.34. The van der Waals surface area contributed by atoms with Crippen LogP contribution in [0.4, 0.5) is 13.2 Å². The third-order valence-corrected chi connectivity index (χ3v) is 2.19. The van der Waals surface area contributed by atoms with Crippen molar-refractivity contribution in [3.8, 4) is 11.5 Å². The van der Waals surface area contributed by atoms with Crippen LogP contribution in [0.25, 0.3) is 0 Å². The highest BCUT2D eigenvalue weighted by molar-refractivity contribution is 5.50. The summed E-state index contributed by atoms with van der Waals surface area (Å²) in [5.41, 5.74) is -1.21. The van der Waals surface area contributed by atoms with Gasteiger partial charge >= 0.3 is 6.18 Å². The van der Waals surface area contributed by atoms with E-state index in [2.05, 4.69) is 5.32 Å². The molecule has 0 heterocycles. The summed E-state index contributed by atoms with van der Waals surface area (Å²) in [5.74, 6) is -1.25. The summed E-state index contributed by atoms with van der Waals surface area (Å²) in [5, 5.41) is 21.2. The van der Waals surface area contributed by atoms with E-state index in [0.717, 1.165) is 12.1 Å². The Morgan fingerprint density at radius 2 is 1.88 bits per heavy atom. The summed E-state index contributed by atoms with van der Waals surface area (Å²) in [6.07, 6.45) is -4.54. The first-order chi connectivity index (χ1) is 7.38. The lowest BCUT2D eigenvalue weighted by molar-refractivity contribution is -0.138. The van der Waals surface area contributed by atoms with Crippen molar-refractivity contribution in [2.24, 2.45) is 0 Å². The molecule has 1 rings (SSSR count). The van der Waals surface area contributed by atoms with Crippen LogP contribution >= 0.6 is 0 Å². The molecular formula is C10H12F3NO2.